The fourth-order valence-electron chi connectivity index (χ4n) is 1.36. The molecule has 2 aromatic rings. The van der Waals surface area contributed by atoms with Gasteiger partial charge in [0.25, 0.3) is 0 Å². The summed E-state index contributed by atoms with van der Waals surface area (Å²) in [6, 6.07) is 5.82. The second kappa shape index (κ2) is 3.88. The zero-order valence-electron chi connectivity index (χ0n) is 7.58. The number of benzene rings is 1. The van der Waals surface area contributed by atoms with Crippen LogP contribution in [0.25, 0.3) is 10.1 Å². The van der Waals surface area contributed by atoms with Crippen molar-refractivity contribution in [3.05, 3.63) is 28.2 Å². The molecule has 0 aliphatic heterocycles. The monoisotopic (exact) mass is 272 g/mol. The van der Waals surface area contributed by atoms with Crippen LogP contribution in [0.2, 0.25) is 0 Å². The lowest BCUT2D eigenvalue weighted by atomic mass is 10.1. The first-order valence-corrected chi connectivity index (χ1v) is 5.73. The molecule has 0 atom stereocenters. The van der Waals surface area contributed by atoms with Crippen molar-refractivity contribution >= 4 is 37.4 Å². The molecule has 0 spiro atoms. The molecule has 2 rings (SSSR count). The molecule has 4 heteroatoms. The van der Waals surface area contributed by atoms with Crippen LogP contribution in [-0.4, -0.2) is 12.2 Å². The van der Waals surface area contributed by atoms with Crippen LogP contribution >= 0.6 is 27.3 Å². The fourth-order valence-corrected chi connectivity index (χ4v) is 2.88. The summed E-state index contributed by atoms with van der Waals surface area (Å²) in [5.74, 6) is 0. The molecule has 1 aromatic heterocycles. The van der Waals surface area contributed by atoms with E-state index in [9.17, 15) is 0 Å². The SMILES string of the molecule is COc1cc2c(CO)ccc(Br)c2s1. The van der Waals surface area contributed by atoms with Gasteiger partial charge in [0.1, 0.15) is 0 Å². The first-order valence-electron chi connectivity index (χ1n) is 4.12. The van der Waals surface area contributed by atoms with Crippen LogP contribution in [0.3, 0.4) is 0 Å². The number of fused-ring (bicyclic) bond motifs is 1. The average molecular weight is 273 g/mol. The lowest BCUT2D eigenvalue weighted by Crippen LogP contribution is -1.82. The van der Waals surface area contributed by atoms with E-state index in [0.29, 0.717) is 0 Å². The number of thiophene rings is 1. The van der Waals surface area contributed by atoms with Gasteiger partial charge < -0.3 is 9.84 Å². The number of methoxy groups -OCH3 is 1. The van der Waals surface area contributed by atoms with E-state index in [1.165, 1.54) is 0 Å². The first-order chi connectivity index (χ1) is 6.76. The van der Waals surface area contributed by atoms with Crippen LogP contribution in [0, 0.1) is 0 Å². The lowest BCUT2D eigenvalue weighted by molar-refractivity contribution is 0.283. The number of aliphatic hydroxyl groups is 1. The molecular weight excluding hydrogens is 264 g/mol. The molecule has 0 aliphatic rings. The number of ether oxygens (including phenoxy) is 1. The molecule has 0 saturated carbocycles. The van der Waals surface area contributed by atoms with Gasteiger partial charge in [0.05, 0.1) is 18.4 Å². The Bertz CT molecular complexity index is 464. The van der Waals surface area contributed by atoms with Gasteiger partial charge in [-0.15, -0.1) is 0 Å². The molecule has 0 bridgehead atoms. The van der Waals surface area contributed by atoms with Crippen molar-refractivity contribution in [1.29, 1.82) is 0 Å². The highest BCUT2D eigenvalue weighted by atomic mass is 79.9. The van der Waals surface area contributed by atoms with Crippen LogP contribution in [0.1, 0.15) is 5.56 Å². The minimum atomic E-state index is 0.0592. The Balaban J connectivity index is 2.74. The van der Waals surface area contributed by atoms with Crippen molar-refractivity contribution in [1.82, 2.24) is 0 Å². The quantitative estimate of drug-likeness (QED) is 0.910. The molecule has 1 aromatic carbocycles. The van der Waals surface area contributed by atoms with E-state index in [1.807, 2.05) is 18.2 Å². The summed E-state index contributed by atoms with van der Waals surface area (Å²) in [4.78, 5) is 0. The van der Waals surface area contributed by atoms with Crippen LogP contribution in [-0.2, 0) is 6.61 Å². The third-order valence-corrected chi connectivity index (χ3v) is 4.13. The molecule has 0 amide bonds. The Kier molecular flexibility index (Phi) is 2.76. The average Bonchev–Trinajstić information content (AvgIpc) is 2.63. The lowest BCUT2D eigenvalue weighted by Gasteiger charge is -1.99. The molecule has 74 valence electrons. The highest BCUT2D eigenvalue weighted by Crippen LogP contribution is 2.38. The van der Waals surface area contributed by atoms with Crippen LogP contribution < -0.4 is 4.74 Å². The third kappa shape index (κ3) is 1.54. The van der Waals surface area contributed by atoms with Gasteiger partial charge in [-0.05, 0) is 33.6 Å². The number of halogens is 1. The van der Waals surface area contributed by atoms with Gasteiger partial charge in [0, 0.05) is 9.86 Å². The molecule has 2 nitrogen and oxygen atoms in total. The molecule has 14 heavy (non-hydrogen) atoms. The molecule has 0 fully saturated rings. The Labute approximate surface area is 94.3 Å². The van der Waals surface area contributed by atoms with Crippen molar-refractivity contribution in [3.63, 3.8) is 0 Å². The summed E-state index contributed by atoms with van der Waals surface area (Å²) in [7, 11) is 1.65. The van der Waals surface area contributed by atoms with Crippen molar-refractivity contribution in [2.45, 2.75) is 6.61 Å². The number of hydrogen-bond donors (Lipinski definition) is 1. The van der Waals surface area contributed by atoms with Crippen LogP contribution in [0.15, 0.2) is 22.7 Å². The second-order valence-corrected chi connectivity index (χ2v) is 4.75. The third-order valence-electron chi connectivity index (χ3n) is 2.07. The predicted octanol–water partition coefficient (Wildman–Crippen LogP) is 3.16. The molecular formula is C10H9BrO2S. The summed E-state index contributed by atoms with van der Waals surface area (Å²) in [5, 5.41) is 11.1. The van der Waals surface area contributed by atoms with E-state index >= 15 is 0 Å². The fraction of sp³-hybridized carbons (Fsp3) is 0.200. The molecule has 1 heterocycles. The predicted molar refractivity (Wildman–Crippen MR) is 62.0 cm³/mol. The highest BCUT2D eigenvalue weighted by molar-refractivity contribution is 9.10. The smallest absolute Gasteiger partial charge is 0.174 e. The summed E-state index contributed by atoms with van der Waals surface area (Å²) < 4.78 is 7.33. The largest absolute Gasteiger partial charge is 0.487 e. The topological polar surface area (TPSA) is 29.5 Å². The maximum absolute atomic E-state index is 9.16. The van der Waals surface area contributed by atoms with E-state index in [-0.39, 0.29) is 6.61 Å². The summed E-state index contributed by atoms with van der Waals surface area (Å²) in [5.41, 5.74) is 0.933. The minimum absolute atomic E-state index is 0.0592. The maximum Gasteiger partial charge on any atom is 0.174 e. The standard InChI is InChI=1S/C10H9BrO2S/c1-13-9-4-7-6(5-12)2-3-8(11)10(7)14-9/h2-4,12H,5H2,1H3. The van der Waals surface area contributed by atoms with E-state index in [4.69, 9.17) is 9.84 Å². The molecule has 0 unspecified atom stereocenters. The zero-order chi connectivity index (χ0) is 10.1. The van der Waals surface area contributed by atoms with Gasteiger partial charge >= 0.3 is 0 Å². The molecule has 0 aliphatic carbocycles. The van der Waals surface area contributed by atoms with Crippen molar-refractivity contribution < 1.29 is 9.84 Å². The molecule has 0 saturated heterocycles. The van der Waals surface area contributed by atoms with E-state index in [0.717, 1.165) is 25.2 Å². The van der Waals surface area contributed by atoms with Gasteiger partial charge in [-0.2, -0.15) is 0 Å². The number of aliphatic hydroxyl groups excluding tert-OH is 1. The summed E-state index contributed by atoms with van der Waals surface area (Å²) in [6.07, 6.45) is 0. The Morgan fingerprint density at radius 3 is 2.93 bits per heavy atom. The van der Waals surface area contributed by atoms with Gasteiger partial charge in [-0.3, -0.25) is 0 Å². The summed E-state index contributed by atoms with van der Waals surface area (Å²) >= 11 is 5.05. The number of rotatable bonds is 2. The van der Waals surface area contributed by atoms with Gasteiger partial charge in [-0.1, -0.05) is 17.4 Å². The van der Waals surface area contributed by atoms with Crippen LogP contribution in [0.5, 0.6) is 5.06 Å². The van der Waals surface area contributed by atoms with Crippen molar-refractivity contribution in [2.75, 3.05) is 7.11 Å². The Morgan fingerprint density at radius 2 is 2.29 bits per heavy atom. The number of hydrogen-bond acceptors (Lipinski definition) is 3. The molecule has 0 radical (unpaired) electrons. The highest BCUT2D eigenvalue weighted by Gasteiger charge is 2.08. The first kappa shape index (κ1) is 9.96. The molecule has 1 N–H and O–H groups in total. The van der Waals surface area contributed by atoms with Gasteiger partial charge in [-0.25, -0.2) is 0 Å². The van der Waals surface area contributed by atoms with E-state index in [2.05, 4.69) is 15.9 Å². The Morgan fingerprint density at radius 1 is 1.50 bits per heavy atom. The van der Waals surface area contributed by atoms with E-state index < -0.39 is 0 Å². The van der Waals surface area contributed by atoms with E-state index in [1.54, 1.807) is 18.4 Å². The zero-order valence-corrected chi connectivity index (χ0v) is 9.98. The van der Waals surface area contributed by atoms with Crippen molar-refractivity contribution in [3.8, 4) is 5.06 Å². The second-order valence-electron chi connectivity index (χ2n) is 2.88. The van der Waals surface area contributed by atoms with Crippen LogP contribution in [0.4, 0.5) is 0 Å². The summed E-state index contributed by atoms with van der Waals surface area (Å²) in [6.45, 7) is 0.0592. The minimum Gasteiger partial charge on any atom is -0.487 e. The van der Waals surface area contributed by atoms with Crippen molar-refractivity contribution in [2.24, 2.45) is 0 Å². The van der Waals surface area contributed by atoms with Gasteiger partial charge in [0.2, 0.25) is 0 Å². The maximum atomic E-state index is 9.16. The normalized spacial score (nSPS) is 10.8. The van der Waals surface area contributed by atoms with Gasteiger partial charge in [0.15, 0.2) is 5.06 Å². The Hall–Kier alpha value is -0.580.